The van der Waals surface area contributed by atoms with Gasteiger partial charge in [-0.05, 0) is 6.07 Å². The molecule has 1 aliphatic heterocycles. The third kappa shape index (κ3) is 3.37. The Morgan fingerprint density at radius 2 is 1.92 bits per heavy atom. The summed E-state index contributed by atoms with van der Waals surface area (Å²) in [6, 6.07) is 3.02. The number of anilines is 1. The number of carboxylic acids is 1. The largest absolute Gasteiger partial charge is 0.479 e. The average Bonchev–Trinajstić information content (AvgIpc) is 2.54. The van der Waals surface area contributed by atoms with Crippen molar-refractivity contribution in [3.8, 4) is 5.75 Å². The Labute approximate surface area is 133 Å². The van der Waals surface area contributed by atoms with Crippen LogP contribution in [0.15, 0.2) is 18.2 Å². The van der Waals surface area contributed by atoms with Crippen LogP contribution in [0.5, 0.6) is 5.75 Å². The van der Waals surface area contributed by atoms with Gasteiger partial charge in [-0.1, -0.05) is 0 Å². The highest BCUT2D eigenvalue weighted by molar-refractivity contribution is 5.73. The maximum atomic E-state index is 11.0. The molecule has 0 radical (unpaired) electrons. The zero-order valence-corrected chi connectivity index (χ0v) is 11.8. The van der Waals surface area contributed by atoms with Crippen molar-refractivity contribution in [2.24, 2.45) is 0 Å². The van der Waals surface area contributed by atoms with Crippen molar-refractivity contribution in [1.29, 1.82) is 0 Å². The third-order valence-corrected chi connectivity index (χ3v) is 3.35. The van der Waals surface area contributed by atoms with Crippen LogP contribution >= 0.6 is 0 Å². The van der Waals surface area contributed by atoms with Gasteiger partial charge < -0.3 is 29.9 Å². The van der Waals surface area contributed by atoms with Gasteiger partial charge in [0.15, 0.2) is 6.10 Å². The van der Waals surface area contributed by atoms with E-state index in [9.17, 15) is 30.2 Å². The van der Waals surface area contributed by atoms with Crippen LogP contribution in [0.25, 0.3) is 0 Å². The second-order valence-electron chi connectivity index (χ2n) is 4.90. The first kappa shape index (κ1) is 17.8. The second kappa shape index (κ2) is 6.94. The van der Waals surface area contributed by atoms with Gasteiger partial charge in [0.2, 0.25) is 6.29 Å². The van der Waals surface area contributed by atoms with E-state index in [2.05, 4.69) is 0 Å². The number of aliphatic carboxylic acids is 1. The van der Waals surface area contributed by atoms with Gasteiger partial charge in [-0.2, -0.15) is 0 Å². The summed E-state index contributed by atoms with van der Waals surface area (Å²) < 4.78 is 10.1. The smallest absolute Gasteiger partial charge is 0.335 e. The van der Waals surface area contributed by atoms with Crippen molar-refractivity contribution in [2.45, 2.75) is 30.7 Å². The van der Waals surface area contributed by atoms with Crippen molar-refractivity contribution >= 4 is 17.3 Å². The fourth-order valence-corrected chi connectivity index (χ4v) is 2.10. The minimum Gasteiger partial charge on any atom is -0.479 e. The Morgan fingerprint density at radius 1 is 1.25 bits per heavy atom. The molecule has 0 saturated carbocycles. The molecule has 5 atom stereocenters. The van der Waals surface area contributed by atoms with Gasteiger partial charge in [0.25, 0.3) is 5.69 Å². The van der Waals surface area contributed by atoms with E-state index in [4.69, 9.17) is 19.8 Å². The lowest BCUT2D eigenvalue weighted by atomic mass is 9.99. The molecule has 0 bridgehead atoms. The molecular weight excluding hydrogens is 332 g/mol. The lowest BCUT2D eigenvalue weighted by Gasteiger charge is -2.38. The maximum Gasteiger partial charge on any atom is 0.335 e. The minimum absolute atomic E-state index is 0.222. The summed E-state index contributed by atoms with van der Waals surface area (Å²) in [4.78, 5) is 21.0. The number of ether oxygens (including phenoxy) is 2. The number of rotatable bonds is 5. The number of nitrogens with one attached hydrogen (secondary N) is 1. The monoisotopic (exact) mass is 346 g/mol. The average molecular weight is 346 g/mol. The van der Waals surface area contributed by atoms with E-state index in [-0.39, 0.29) is 17.1 Å². The molecule has 1 fully saturated rings. The molecule has 1 saturated heterocycles. The first-order valence-corrected chi connectivity index (χ1v) is 6.54. The van der Waals surface area contributed by atoms with Crippen LogP contribution in [0.1, 0.15) is 0 Å². The zero-order valence-electron chi connectivity index (χ0n) is 11.8. The van der Waals surface area contributed by atoms with E-state index in [1.54, 1.807) is 5.48 Å². The topological polar surface area (TPSA) is 192 Å². The predicted octanol–water partition coefficient (Wildman–Crippen LogP) is -1.33. The van der Waals surface area contributed by atoms with Crippen molar-refractivity contribution in [3.05, 3.63) is 28.3 Å². The quantitative estimate of drug-likeness (QED) is 0.273. The molecule has 0 spiro atoms. The number of nitro groups is 1. The Hall–Kier alpha value is -2.51. The summed E-state index contributed by atoms with van der Waals surface area (Å²) in [5, 5.41) is 57.7. The summed E-state index contributed by atoms with van der Waals surface area (Å²) >= 11 is 0. The molecule has 1 aliphatic rings. The molecule has 0 amide bonds. The van der Waals surface area contributed by atoms with Crippen molar-refractivity contribution in [3.63, 3.8) is 0 Å². The fourth-order valence-electron chi connectivity index (χ4n) is 2.10. The Bertz CT molecular complexity index is 638. The van der Waals surface area contributed by atoms with Crippen LogP contribution in [-0.2, 0) is 9.53 Å². The number of carbonyl (C=O) groups is 1. The van der Waals surface area contributed by atoms with Crippen molar-refractivity contribution in [1.82, 2.24) is 0 Å². The van der Waals surface area contributed by atoms with Gasteiger partial charge in [0.1, 0.15) is 29.7 Å². The molecule has 0 aromatic heterocycles. The number of aliphatic hydroxyl groups excluding tert-OH is 3. The highest BCUT2D eigenvalue weighted by Crippen LogP contribution is 2.32. The Morgan fingerprint density at radius 3 is 2.46 bits per heavy atom. The number of non-ortho nitro benzene ring substituents is 1. The molecule has 132 valence electrons. The molecule has 1 heterocycles. The van der Waals surface area contributed by atoms with E-state index < -0.39 is 41.6 Å². The van der Waals surface area contributed by atoms with E-state index in [1.807, 2.05) is 0 Å². The molecule has 1 aromatic carbocycles. The summed E-state index contributed by atoms with van der Waals surface area (Å²) in [5.41, 5.74) is 1.03. The number of carboxylic acid groups (broad SMARTS) is 1. The summed E-state index contributed by atoms with van der Waals surface area (Å²) in [6.45, 7) is 0. The third-order valence-electron chi connectivity index (χ3n) is 3.35. The number of aliphatic hydroxyl groups is 3. The molecule has 0 aliphatic carbocycles. The Balaban J connectivity index is 2.26. The van der Waals surface area contributed by atoms with E-state index in [0.717, 1.165) is 18.2 Å². The van der Waals surface area contributed by atoms with Gasteiger partial charge in [0.05, 0.1) is 4.92 Å². The number of nitrogens with zero attached hydrogens (tertiary/aromatic N) is 1. The van der Waals surface area contributed by atoms with Crippen molar-refractivity contribution < 1.29 is 44.8 Å². The summed E-state index contributed by atoms with van der Waals surface area (Å²) in [6.07, 6.45) is -9.13. The van der Waals surface area contributed by atoms with Crippen LogP contribution in [0, 0.1) is 10.1 Å². The van der Waals surface area contributed by atoms with E-state index in [1.165, 1.54) is 0 Å². The fraction of sp³-hybridized carbons (Fsp3) is 0.417. The van der Waals surface area contributed by atoms with E-state index >= 15 is 0 Å². The van der Waals surface area contributed by atoms with E-state index in [0.29, 0.717) is 0 Å². The van der Waals surface area contributed by atoms with Gasteiger partial charge in [-0.3, -0.25) is 20.8 Å². The highest BCUT2D eigenvalue weighted by Gasteiger charge is 2.48. The molecule has 12 heteroatoms. The first-order chi connectivity index (χ1) is 11.3. The molecule has 24 heavy (non-hydrogen) atoms. The molecule has 2 rings (SSSR count). The number of hydrogen-bond donors (Lipinski definition) is 6. The second-order valence-corrected chi connectivity index (χ2v) is 4.90. The number of nitro benzene ring substituents is 1. The molecule has 6 N–H and O–H groups in total. The van der Waals surface area contributed by atoms with Crippen LogP contribution in [0.3, 0.4) is 0 Å². The highest BCUT2D eigenvalue weighted by atomic mass is 16.7. The van der Waals surface area contributed by atoms with Gasteiger partial charge in [-0.25, -0.2) is 4.79 Å². The SMILES string of the molecule is O=C(O)C1OC(Oc2ccc([N+](=O)[O-])cc2NO)C(O)C(O)C1O. The molecule has 1 aromatic rings. The van der Waals surface area contributed by atoms with Crippen LogP contribution < -0.4 is 10.2 Å². The Kier molecular flexibility index (Phi) is 5.16. The minimum atomic E-state index is -1.88. The van der Waals surface area contributed by atoms with Crippen LogP contribution in [0.2, 0.25) is 0 Å². The van der Waals surface area contributed by atoms with Crippen LogP contribution in [-0.4, -0.2) is 67.2 Å². The standard InChI is InChI=1S/C12H14N2O10/c15-7-8(16)10(11(18)19)24-12(9(7)17)23-6-2-1-4(14(21)22)3-5(6)13-20/h1-3,7-10,12-13,15-17,20H,(H,18,19). The number of hydrogen-bond acceptors (Lipinski definition) is 10. The summed E-state index contributed by atoms with van der Waals surface area (Å²) in [7, 11) is 0. The molecule has 5 unspecified atom stereocenters. The maximum absolute atomic E-state index is 11.0. The van der Waals surface area contributed by atoms with Gasteiger partial charge in [-0.15, -0.1) is 0 Å². The number of benzene rings is 1. The van der Waals surface area contributed by atoms with Gasteiger partial charge >= 0.3 is 5.97 Å². The first-order valence-electron chi connectivity index (χ1n) is 6.54. The zero-order chi connectivity index (χ0) is 18.0. The molecular formula is C12H14N2O10. The summed E-state index contributed by atoms with van der Waals surface area (Å²) in [5.74, 6) is -1.81. The normalized spacial score (nSPS) is 29.8. The van der Waals surface area contributed by atoms with Crippen LogP contribution in [0.4, 0.5) is 11.4 Å². The lowest BCUT2D eigenvalue weighted by Crippen LogP contribution is -2.61. The van der Waals surface area contributed by atoms with Gasteiger partial charge in [0, 0.05) is 12.1 Å². The lowest BCUT2D eigenvalue weighted by molar-refractivity contribution is -0.384. The van der Waals surface area contributed by atoms with Crippen molar-refractivity contribution in [2.75, 3.05) is 5.48 Å². The predicted molar refractivity (Wildman–Crippen MR) is 73.5 cm³/mol. The molecule has 12 nitrogen and oxygen atoms in total.